The van der Waals surface area contributed by atoms with Crippen LogP contribution in [0.1, 0.15) is 39.0 Å². The van der Waals surface area contributed by atoms with E-state index in [1.165, 1.54) is 24.6 Å². The van der Waals surface area contributed by atoms with E-state index in [1.807, 2.05) is 0 Å². The van der Waals surface area contributed by atoms with Crippen LogP contribution in [0, 0.1) is 0 Å². The summed E-state index contributed by atoms with van der Waals surface area (Å²) < 4.78 is 5.16. The number of carbonyl (C=O) groups excluding carboxylic acids is 1. The second-order valence-corrected chi connectivity index (χ2v) is 6.17. The van der Waals surface area contributed by atoms with Crippen molar-refractivity contribution in [2.75, 3.05) is 12.4 Å². The smallest absolute Gasteiger partial charge is 0.306 e. The number of ether oxygens (including phenoxy) is 1. The van der Waals surface area contributed by atoms with Gasteiger partial charge in [-0.15, -0.1) is 11.8 Å². The predicted octanol–water partition coefficient (Wildman–Crippen LogP) is 4.99. The van der Waals surface area contributed by atoms with Crippen LogP contribution in [0.3, 0.4) is 0 Å². The zero-order chi connectivity index (χ0) is 14.8. The molecule has 1 rings (SSSR count). The number of hydrogen-bond acceptors (Lipinski definition) is 4. The van der Waals surface area contributed by atoms with Crippen LogP contribution >= 0.6 is 35.0 Å². The molecule has 20 heavy (non-hydrogen) atoms. The minimum absolute atomic E-state index is 0.162. The van der Waals surface area contributed by atoms with E-state index in [0.29, 0.717) is 23.8 Å². The van der Waals surface area contributed by atoms with Crippen molar-refractivity contribution in [3.05, 3.63) is 22.4 Å². The number of pyridine rings is 1. The number of nitrogens with zero attached hydrogens (tertiary/aromatic N) is 1. The minimum Gasteiger partial charge on any atom is -0.466 e. The van der Waals surface area contributed by atoms with Gasteiger partial charge in [0.15, 0.2) is 0 Å². The molecule has 0 N–H and O–H groups in total. The topological polar surface area (TPSA) is 39.2 Å². The summed E-state index contributed by atoms with van der Waals surface area (Å²) in [5.74, 6) is 0.457. The summed E-state index contributed by atoms with van der Waals surface area (Å²) in [4.78, 5) is 16.2. The van der Waals surface area contributed by atoms with Gasteiger partial charge in [0.05, 0.1) is 18.1 Å². The van der Waals surface area contributed by atoms with Crippen molar-refractivity contribution >= 4 is 40.9 Å². The number of thioether (sulfide) groups is 1. The lowest BCUT2D eigenvalue weighted by molar-refractivity contribution is -0.143. The lowest BCUT2D eigenvalue weighted by Crippen LogP contribution is -2.06. The van der Waals surface area contributed by atoms with Crippen LogP contribution < -0.4 is 0 Å². The Balaban J connectivity index is 2.17. The van der Waals surface area contributed by atoms with Crippen molar-refractivity contribution in [3.8, 4) is 0 Å². The van der Waals surface area contributed by atoms with E-state index in [1.54, 1.807) is 12.3 Å². The van der Waals surface area contributed by atoms with Gasteiger partial charge in [-0.2, -0.15) is 0 Å². The van der Waals surface area contributed by atoms with Crippen LogP contribution in [-0.2, 0) is 9.53 Å². The predicted molar refractivity (Wildman–Crippen MR) is 84.7 cm³/mol. The van der Waals surface area contributed by atoms with E-state index in [2.05, 4.69) is 11.9 Å². The first-order chi connectivity index (χ1) is 9.65. The maximum absolute atomic E-state index is 11.5. The molecule has 0 bridgehead atoms. The minimum atomic E-state index is -0.162. The van der Waals surface area contributed by atoms with Crippen LogP contribution in [0.5, 0.6) is 0 Å². The summed E-state index contributed by atoms with van der Waals surface area (Å²) >= 11 is 13.3. The molecule has 0 aliphatic carbocycles. The third-order valence-electron chi connectivity index (χ3n) is 2.64. The molecule has 0 aliphatic heterocycles. The molecule has 0 amide bonds. The highest BCUT2D eigenvalue weighted by atomic mass is 35.5. The van der Waals surface area contributed by atoms with Gasteiger partial charge in [0.25, 0.3) is 0 Å². The molecule has 3 nitrogen and oxygen atoms in total. The van der Waals surface area contributed by atoms with E-state index in [-0.39, 0.29) is 11.1 Å². The lowest BCUT2D eigenvalue weighted by Gasteiger charge is -2.06. The second-order valence-electron chi connectivity index (χ2n) is 4.29. The number of esters is 1. The van der Waals surface area contributed by atoms with Crippen LogP contribution in [0.25, 0.3) is 0 Å². The number of hydrogen-bond donors (Lipinski definition) is 0. The van der Waals surface area contributed by atoms with Gasteiger partial charge in [0.1, 0.15) is 5.15 Å². The fourth-order valence-corrected chi connectivity index (χ4v) is 2.90. The van der Waals surface area contributed by atoms with Crippen LogP contribution in [0.15, 0.2) is 17.2 Å². The molecule has 0 fully saturated rings. The van der Waals surface area contributed by atoms with E-state index in [9.17, 15) is 4.79 Å². The number of unbranched alkanes of at least 4 members (excludes halogenated alkanes) is 3. The number of halogens is 2. The van der Waals surface area contributed by atoms with Crippen molar-refractivity contribution < 1.29 is 9.53 Å². The number of carbonyl (C=O) groups is 1. The molecular weight excluding hydrogens is 317 g/mol. The molecule has 0 saturated carbocycles. The van der Waals surface area contributed by atoms with E-state index >= 15 is 0 Å². The molecule has 1 aromatic rings. The summed E-state index contributed by atoms with van der Waals surface area (Å²) in [7, 11) is 0. The van der Waals surface area contributed by atoms with Crippen molar-refractivity contribution in [3.63, 3.8) is 0 Å². The van der Waals surface area contributed by atoms with Crippen molar-refractivity contribution in [2.24, 2.45) is 0 Å². The number of aromatic nitrogens is 1. The number of rotatable bonds is 9. The highest BCUT2D eigenvalue weighted by Crippen LogP contribution is 2.31. The Labute approximate surface area is 134 Å². The Morgan fingerprint density at radius 2 is 2.15 bits per heavy atom. The molecular formula is C14H19Cl2NO2S. The van der Waals surface area contributed by atoms with Crippen molar-refractivity contribution in [1.82, 2.24) is 4.98 Å². The van der Waals surface area contributed by atoms with Gasteiger partial charge in [0, 0.05) is 16.8 Å². The normalized spacial score (nSPS) is 10.6. The van der Waals surface area contributed by atoms with Crippen LogP contribution in [-0.4, -0.2) is 23.3 Å². The molecule has 0 saturated heterocycles. The Bertz CT molecular complexity index is 430. The maximum Gasteiger partial charge on any atom is 0.306 e. The molecule has 0 radical (unpaired) electrons. The molecule has 0 aromatic carbocycles. The average molecular weight is 336 g/mol. The zero-order valence-electron chi connectivity index (χ0n) is 11.5. The van der Waals surface area contributed by atoms with Gasteiger partial charge in [0.2, 0.25) is 0 Å². The Morgan fingerprint density at radius 1 is 1.35 bits per heavy atom. The Hall–Kier alpha value is -0.450. The largest absolute Gasteiger partial charge is 0.466 e. The molecule has 6 heteroatoms. The Kier molecular flexibility index (Phi) is 9.07. The third-order valence-corrected chi connectivity index (χ3v) is 4.57. The van der Waals surface area contributed by atoms with Gasteiger partial charge in [-0.1, -0.05) is 49.4 Å². The molecule has 1 heterocycles. The average Bonchev–Trinajstić information content (AvgIpc) is 2.43. The van der Waals surface area contributed by atoms with Gasteiger partial charge < -0.3 is 4.74 Å². The van der Waals surface area contributed by atoms with Crippen molar-refractivity contribution in [1.29, 1.82) is 0 Å². The highest BCUT2D eigenvalue weighted by Gasteiger charge is 2.08. The third kappa shape index (κ3) is 6.82. The van der Waals surface area contributed by atoms with E-state index in [0.717, 1.165) is 17.7 Å². The Morgan fingerprint density at radius 3 is 2.90 bits per heavy atom. The second kappa shape index (κ2) is 10.3. The zero-order valence-corrected chi connectivity index (χ0v) is 13.9. The molecule has 0 aliphatic rings. The fraction of sp³-hybridized carbons (Fsp3) is 0.571. The molecule has 112 valence electrons. The van der Waals surface area contributed by atoms with E-state index in [4.69, 9.17) is 27.9 Å². The summed E-state index contributed by atoms with van der Waals surface area (Å²) in [6.45, 7) is 2.67. The summed E-state index contributed by atoms with van der Waals surface area (Å²) in [6.07, 6.45) is 6.40. The highest BCUT2D eigenvalue weighted by molar-refractivity contribution is 7.99. The maximum atomic E-state index is 11.5. The molecule has 1 aromatic heterocycles. The molecule has 0 spiro atoms. The lowest BCUT2D eigenvalue weighted by atomic mass is 10.2. The van der Waals surface area contributed by atoms with E-state index < -0.39 is 0 Å². The summed E-state index contributed by atoms with van der Waals surface area (Å²) in [5, 5.41) is 0.724. The first-order valence-electron chi connectivity index (χ1n) is 6.73. The standard InChI is InChI=1S/C14H19Cl2NO2S/c1-2-3-4-5-9-19-12(18)7-10-20-11-6-8-17-14(16)13(11)15/h6,8H,2-5,7,9-10H2,1H3. The van der Waals surface area contributed by atoms with Crippen molar-refractivity contribution in [2.45, 2.75) is 43.9 Å². The van der Waals surface area contributed by atoms with Crippen LogP contribution in [0.4, 0.5) is 0 Å². The SMILES string of the molecule is CCCCCCOC(=O)CCSc1ccnc(Cl)c1Cl. The van der Waals surface area contributed by atoms with Crippen LogP contribution in [0.2, 0.25) is 10.2 Å². The van der Waals surface area contributed by atoms with Gasteiger partial charge in [-0.05, 0) is 12.5 Å². The van der Waals surface area contributed by atoms with Gasteiger partial charge in [-0.3, -0.25) is 4.79 Å². The quantitative estimate of drug-likeness (QED) is 0.275. The summed E-state index contributed by atoms with van der Waals surface area (Å²) in [5.41, 5.74) is 0. The molecule has 0 atom stereocenters. The first-order valence-corrected chi connectivity index (χ1v) is 8.47. The fourth-order valence-electron chi connectivity index (χ4n) is 1.54. The van der Waals surface area contributed by atoms with Gasteiger partial charge >= 0.3 is 5.97 Å². The van der Waals surface area contributed by atoms with Gasteiger partial charge in [-0.25, -0.2) is 4.98 Å². The first kappa shape index (κ1) is 17.6. The molecule has 0 unspecified atom stereocenters. The summed E-state index contributed by atoms with van der Waals surface area (Å²) in [6, 6.07) is 1.79. The monoisotopic (exact) mass is 335 g/mol.